The van der Waals surface area contributed by atoms with Gasteiger partial charge in [-0.3, -0.25) is 0 Å². The molecule has 0 amide bonds. The second kappa shape index (κ2) is 5.22. The molecule has 0 bridgehead atoms. The maximum atomic E-state index is 11.1. The Bertz CT molecular complexity index is 417. The van der Waals surface area contributed by atoms with E-state index < -0.39 is 10.2 Å². The molecule has 0 fully saturated rings. The summed E-state index contributed by atoms with van der Waals surface area (Å²) >= 11 is 0. The molecule has 0 spiro atoms. The van der Waals surface area contributed by atoms with Crippen molar-refractivity contribution in [2.45, 2.75) is 13.1 Å². The van der Waals surface area contributed by atoms with Crippen LogP contribution in [0.4, 0.5) is 0 Å². The molecule has 4 N–H and O–H groups in total. The predicted octanol–water partition coefficient (Wildman–Crippen LogP) is -0.301. The van der Waals surface area contributed by atoms with E-state index in [4.69, 9.17) is 5.73 Å². The Morgan fingerprint density at radius 2 is 1.87 bits per heavy atom. The average molecular weight is 229 g/mol. The van der Waals surface area contributed by atoms with Crippen molar-refractivity contribution in [3.8, 4) is 0 Å². The lowest BCUT2D eigenvalue weighted by atomic mass is 10.1. The highest BCUT2D eigenvalue weighted by atomic mass is 32.2. The maximum Gasteiger partial charge on any atom is 0.276 e. The molecule has 0 saturated carbocycles. The lowest BCUT2D eigenvalue weighted by Crippen LogP contribution is -2.33. The van der Waals surface area contributed by atoms with E-state index >= 15 is 0 Å². The van der Waals surface area contributed by atoms with E-state index in [1.807, 2.05) is 24.3 Å². The molecule has 0 aliphatic heterocycles. The normalized spacial score (nSPS) is 11.6. The SMILES string of the molecule is CNS(=O)(=O)NCc1ccccc1CN. The summed E-state index contributed by atoms with van der Waals surface area (Å²) in [4.78, 5) is 0. The van der Waals surface area contributed by atoms with Crippen molar-refractivity contribution in [3.05, 3.63) is 35.4 Å². The second-order valence-electron chi connectivity index (χ2n) is 3.00. The van der Waals surface area contributed by atoms with E-state index in [1.54, 1.807) is 0 Å². The summed E-state index contributed by atoms with van der Waals surface area (Å²) < 4.78 is 26.8. The zero-order valence-electron chi connectivity index (χ0n) is 8.53. The highest BCUT2D eigenvalue weighted by Gasteiger charge is 2.06. The van der Waals surface area contributed by atoms with Crippen molar-refractivity contribution in [1.82, 2.24) is 9.44 Å². The molecule has 5 nitrogen and oxygen atoms in total. The minimum Gasteiger partial charge on any atom is -0.326 e. The molecule has 0 radical (unpaired) electrons. The van der Waals surface area contributed by atoms with Crippen LogP contribution < -0.4 is 15.2 Å². The van der Waals surface area contributed by atoms with Gasteiger partial charge in [-0.1, -0.05) is 24.3 Å². The molecule has 0 atom stereocenters. The van der Waals surface area contributed by atoms with Crippen LogP contribution in [0.3, 0.4) is 0 Å². The maximum absolute atomic E-state index is 11.1. The molecule has 0 unspecified atom stereocenters. The Balaban J connectivity index is 2.73. The van der Waals surface area contributed by atoms with Crippen molar-refractivity contribution < 1.29 is 8.42 Å². The molecule has 1 rings (SSSR count). The van der Waals surface area contributed by atoms with Crippen LogP contribution >= 0.6 is 0 Å². The monoisotopic (exact) mass is 229 g/mol. The van der Waals surface area contributed by atoms with Gasteiger partial charge in [-0.15, -0.1) is 0 Å². The van der Waals surface area contributed by atoms with E-state index in [2.05, 4.69) is 9.44 Å². The zero-order valence-corrected chi connectivity index (χ0v) is 9.34. The Labute approximate surface area is 89.9 Å². The Hall–Kier alpha value is -0.950. The number of nitrogens with one attached hydrogen (secondary N) is 2. The lowest BCUT2D eigenvalue weighted by molar-refractivity contribution is 0.572. The fourth-order valence-corrected chi connectivity index (χ4v) is 1.66. The van der Waals surface area contributed by atoms with Crippen LogP contribution in [-0.2, 0) is 23.3 Å². The number of nitrogens with two attached hydrogens (primary N) is 1. The van der Waals surface area contributed by atoms with E-state index in [9.17, 15) is 8.42 Å². The van der Waals surface area contributed by atoms with Crippen molar-refractivity contribution in [1.29, 1.82) is 0 Å². The summed E-state index contributed by atoms with van der Waals surface area (Å²) in [6.45, 7) is 0.647. The van der Waals surface area contributed by atoms with E-state index in [0.29, 0.717) is 6.54 Å². The first-order valence-electron chi connectivity index (χ1n) is 4.54. The third-order valence-electron chi connectivity index (χ3n) is 2.06. The van der Waals surface area contributed by atoms with Crippen molar-refractivity contribution in [2.75, 3.05) is 7.05 Å². The van der Waals surface area contributed by atoms with Crippen LogP contribution in [0.2, 0.25) is 0 Å². The summed E-state index contributed by atoms with van der Waals surface area (Å²) in [7, 11) is -2.03. The van der Waals surface area contributed by atoms with Crippen LogP contribution in [0, 0.1) is 0 Å². The van der Waals surface area contributed by atoms with Gasteiger partial charge in [-0.05, 0) is 11.1 Å². The van der Waals surface area contributed by atoms with Gasteiger partial charge in [0.1, 0.15) is 0 Å². The van der Waals surface area contributed by atoms with E-state index in [0.717, 1.165) is 11.1 Å². The molecule has 0 aromatic heterocycles. The fraction of sp³-hybridized carbons (Fsp3) is 0.333. The smallest absolute Gasteiger partial charge is 0.276 e. The van der Waals surface area contributed by atoms with Crippen molar-refractivity contribution >= 4 is 10.2 Å². The summed E-state index contributed by atoms with van der Waals surface area (Å²) in [5.74, 6) is 0. The Morgan fingerprint density at radius 3 is 2.40 bits per heavy atom. The third-order valence-corrected chi connectivity index (χ3v) is 3.12. The van der Waals surface area contributed by atoms with Gasteiger partial charge >= 0.3 is 0 Å². The zero-order chi connectivity index (χ0) is 11.3. The van der Waals surface area contributed by atoms with Gasteiger partial charge in [-0.25, -0.2) is 4.72 Å². The Kier molecular flexibility index (Phi) is 4.22. The van der Waals surface area contributed by atoms with E-state index in [1.165, 1.54) is 7.05 Å². The second-order valence-corrected chi connectivity index (χ2v) is 4.71. The highest BCUT2D eigenvalue weighted by Crippen LogP contribution is 2.07. The van der Waals surface area contributed by atoms with Crippen molar-refractivity contribution in [2.24, 2.45) is 5.73 Å². The molecule has 84 valence electrons. The number of hydrogen-bond acceptors (Lipinski definition) is 3. The molecule has 0 heterocycles. The molecule has 0 aliphatic rings. The largest absolute Gasteiger partial charge is 0.326 e. The molecular weight excluding hydrogens is 214 g/mol. The predicted molar refractivity (Wildman–Crippen MR) is 59.2 cm³/mol. The van der Waals surface area contributed by atoms with Gasteiger partial charge < -0.3 is 5.73 Å². The van der Waals surface area contributed by atoms with Crippen LogP contribution in [-0.4, -0.2) is 15.5 Å². The van der Waals surface area contributed by atoms with Crippen LogP contribution in [0.15, 0.2) is 24.3 Å². The Morgan fingerprint density at radius 1 is 1.27 bits per heavy atom. The van der Waals surface area contributed by atoms with Gasteiger partial charge in [0, 0.05) is 20.1 Å². The van der Waals surface area contributed by atoms with Crippen molar-refractivity contribution in [3.63, 3.8) is 0 Å². The highest BCUT2D eigenvalue weighted by molar-refractivity contribution is 7.87. The quantitative estimate of drug-likeness (QED) is 0.648. The number of hydrogen-bond donors (Lipinski definition) is 3. The first kappa shape index (κ1) is 12.1. The summed E-state index contributed by atoms with van der Waals surface area (Å²) in [6.07, 6.45) is 0. The number of benzene rings is 1. The summed E-state index contributed by atoms with van der Waals surface area (Å²) in [5.41, 5.74) is 7.36. The van der Waals surface area contributed by atoms with Gasteiger partial charge in [0.2, 0.25) is 0 Å². The van der Waals surface area contributed by atoms with Gasteiger partial charge in [0.15, 0.2) is 0 Å². The van der Waals surface area contributed by atoms with Gasteiger partial charge in [0.25, 0.3) is 10.2 Å². The summed E-state index contributed by atoms with van der Waals surface area (Å²) in [6, 6.07) is 7.45. The molecule has 0 saturated heterocycles. The minimum atomic E-state index is -3.38. The molecular formula is C9H15N3O2S. The molecule has 15 heavy (non-hydrogen) atoms. The molecule has 0 aliphatic carbocycles. The van der Waals surface area contributed by atoms with Crippen LogP contribution in [0.1, 0.15) is 11.1 Å². The third kappa shape index (κ3) is 3.60. The molecule has 6 heteroatoms. The standard InChI is InChI=1S/C9H15N3O2S/c1-11-15(13,14)12-7-9-5-3-2-4-8(9)6-10/h2-5,11-12H,6-7,10H2,1H3. The topological polar surface area (TPSA) is 84.2 Å². The molecule has 1 aromatic rings. The fourth-order valence-electron chi connectivity index (χ4n) is 1.17. The minimum absolute atomic E-state index is 0.247. The van der Waals surface area contributed by atoms with Gasteiger partial charge in [-0.2, -0.15) is 13.1 Å². The van der Waals surface area contributed by atoms with Crippen LogP contribution in [0.25, 0.3) is 0 Å². The van der Waals surface area contributed by atoms with Crippen LogP contribution in [0.5, 0.6) is 0 Å². The number of rotatable bonds is 5. The first-order valence-corrected chi connectivity index (χ1v) is 6.02. The molecule has 1 aromatic carbocycles. The van der Waals surface area contributed by atoms with Gasteiger partial charge in [0.05, 0.1) is 0 Å². The first-order chi connectivity index (χ1) is 7.09. The summed E-state index contributed by atoms with van der Waals surface area (Å²) in [5, 5.41) is 0. The lowest BCUT2D eigenvalue weighted by Gasteiger charge is -2.08. The van der Waals surface area contributed by atoms with E-state index in [-0.39, 0.29) is 6.54 Å². The average Bonchev–Trinajstić information content (AvgIpc) is 2.27.